The molecule has 0 atom stereocenters. The molecule has 3 aromatic rings. The maximum absolute atomic E-state index is 9.29. The number of unbranched alkanes of at least 4 members (excludes halogenated alkanes) is 6. The van der Waals surface area contributed by atoms with Gasteiger partial charge in [-0.25, -0.2) is 0 Å². The summed E-state index contributed by atoms with van der Waals surface area (Å²) in [6.07, 6.45) is 22.7. The van der Waals surface area contributed by atoms with E-state index in [0.29, 0.717) is 0 Å². The Kier molecular flexibility index (Phi) is 44.8. The standard InChI is InChI=1S/3C14H21.H3O2PS2.3Zn/c3*1-3-5-9-13-11-7-8-12-14(13)10-6-4-2;1-3(2,4)5;;;/h3*7-8,11H,3-6,9-10H2,1-2H3;(H3,1,2,4,5);;;/q3*-1;;3*+2/p-3. The number of aryl methyl sites for hydroxylation is 6. The molecule has 0 N–H and O–H groups in total. The average molecular weight is 891 g/mol. The SMILES string of the molecule is CCCCc1[c-]cccc1CCCC.CCCCc1[c-]cccc1CCCC.CCCCc1[c-]cccc1CCCC.[O-]P([O-])(=S)[S-].[Zn+2].[Zn+2].[Zn+2]. The van der Waals surface area contributed by atoms with Gasteiger partial charge in [-0.05, 0) is 0 Å². The monoisotopic (exact) mass is 886 g/mol. The Balaban J connectivity index is -0.000000289. The molecule has 0 heterocycles. The van der Waals surface area contributed by atoms with Crippen LogP contribution in [0.25, 0.3) is 0 Å². The summed E-state index contributed by atoms with van der Waals surface area (Å²) < 4.78 is 0. The van der Waals surface area contributed by atoms with Crippen molar-refractivity contribution >= 4 is 29.7 Å². The summed E-state index contributed by atoms with van der Waals surface area (Å²) in [5.74, 6) is 0. The second-order valence-electron chi connectivity index (χ2n) is 12.1. The van der Waals surface area contributed by atoms with Gasteiger partial charge < -0.3 is 27.7 Å². The maximum atomic E-state index is 9.29. The van der Waals surface area contributed by atoms with E-state index in [1.54, 1.807) is 0 Å². The van der Waals surface area contributed by atoms with E-state index in [1.165, 1.54) is 149 Å². The zero-order chi connectivity index (χ0) is 35.2. The normalized spacial score (nSPS) is 9.94. The zero-order valence-corrected chi connectivity index (χ0v) is 44.1. The molecule has 0 aromatic heterocycles. The third kappa shape index (κ3) is 33.1. The summed E-state index contributed by atoms with van der Waals surface area (Å²) in [5.41, 5.74) is 5.17. The second-order valence-corrected chi connectivity index (χ2v) is 16.6. The molecule has 0 aliphatic carbocycles. The molecule has 0 spiro atoms. The molecule has 266 valence electrons. The zero-order valence-electron chi connectivity index (χ0n) is 32.6. The molecular formula is C42H63O2PS2Zn3. The Bertz CT molecular complexity index is 986. The van der Waals surface area contributed by atoms with Crippen LogP contribution in [0.3, 0.4) is 0 Å². The Morgan fingerprint density at radius 3 is 0.880 bits per heavy atom. The molecule has 0 radical (unpaired) electrons. The van der Waals surface area contributed by atoms with Gasteiger partial charge in [-0.1, -0.05) is 157 Å². The van der Waals surface area contributed by atoms with Gasteiger partial charge in [0.2, 0.25) is 0 Å². The van der Waals surface area contributed by atoms with Crippen LogP contribution in [0.15, 0.2) is 54.6 Å². The summed E-state index contributed by atoms with van der Waals surface area (Å²) >= 11 is 7.28. The summed E-state index contributed by atoms with van der Waals surface area (Å²) in [4.78, 5) is 18.6. The maximum Gasteiger partial charge on any atom is 2.00 e. The van der Waals surface area contributed by atoms with Crippen molar-refractivity contribution in [2.75, 3.05) is 0 Å². The van der Waals surface area contributed by atoms with E-state index < -0.39 is 5.69 Å². The number of hydrogen-bond acceptors (Lipinski definition) is 4. The van der Waals surface area contributed by atoms with Gasteiger partial charge in [-0.2, -0.15) is 118 Å². The van der Waals surface area contributed by atoms with Crippen LogP contribution in [0.4, 0.5) is 0 Å². The second kappa shape index (κ2) is 39.2. The van der Waals surface area contributed by atoms with Gasteiger partial charge in [0.25, 0.3) is 0 Å². The number of rotatable bonds is 18. The first-order valence-electron chi connectivity index (χ1n) is 18.3. The fourth-order valence-corrected chi connectivity index (χ4v) is 5.08. The predicted molar refractivity (Wildman–Crippen MR) is 209 cm³/mol. The Labute approximate surface area is 358 Å². The van der Waals surface area contributed by atoms with Gasteiger partial charge >= 0.3 is 58.4 Å². The third-order valence-electron chi connectivity index (χ3n) is 7.86. The minimum Gasteiger partial charge on any atom is -0.850 e. The fourth-order valence-electron chi connectivity index (χ4n) is 5.08. The molecule has 8 heteroatoms. The largest absolute Gasteiger partial charge is 2.00 e. The van der Waals surface area contributed by atoms with Crippen LogP contribution in [0.2, 0.25) is 0 Å². The van der Waals surface area contributed by atoms with Crippen molar-refractivity contribution in [3.05, 3.63) is 106 Å². The number of benzene rings is 3. The Hall–Kier alpha value is 0.450. The van der Waals surface area contributed by atoms with Crippen LogP contribution in [0, 0.1) is 18.2 Å². The first-order chi connectivity index (χ1) is 22.6. The minimum absolute atomic E-state index is 0. The predicted octanol–water partition coefficient (Wildman–Crippen LogP) is 11.0. The van der Waals surface area contributed by atoms with E-state index in [2.05, 4.69) is 120 Å². The van der Waals surface area contributed by atoms with E-state index in [4.69, 9.17) is 0 Å². The van der Waals surface area contributed by atoms with E-state index in [1.807, 2.05) is 18.2 Å². The van der Waals surface area contributed by atoms with Gasteiger partial charge in [0.05, 0.1) is 0 Å². The molecule has 0 saturated heterocycles. The topological polar surface area (TPSA) is 46.1 Å². The van der Waals surface area contributed by atoms with Crippen LogP contribution < -0.4 is 9.79 Å². The summed E-state index contributed by atoms with van der Waals surface area (Å²) in [7, 11) is 0. The van der Waals surface area contributed by atoms with Crippen molar-refractivity contribution < 1.29 is 68.2 Å². The van der Waals surface area contributed by atoms with Crippen molar-refractivity contribution in [1.82, 2.24) is 0 Å². The van der Waals surface area contributed by atoms with Crippen LogP contribution in [-0.2, 0) is 121 Å². The fraction of sp³-hybridized carbons (Fsp3) is 0.571. The van der Waals surface area contributed by atoms with Gasteiger partial charge in [-0.15, -0.1) is 0 Å². The van der Waals surface area contributed by atoms with Gasteiger partial charge in [-0.3, -0.25) is 0 Å². The van der Waals surface area contributed by atoms with E-state index in [0.717, 1.165) is 0 Å². The van der Waals surface area contributed by atoms with Crippen molar-refractivity contribution in [1.29, 1.82) is 0 Å². The molecule has 0 unspecified atom stereocenters. The molecule has 0 bridgehead atoms. The van der Waals surface area contributed by atoms with E-state index >= 15 is 0 Å². The molecule has 50 heavy (non-hydrogen) atoms. The smallest absolute Gasteiger partial charge is 0.850 e. The first-order valence-corrected chi connectivity index (χ1v) is 22.0. The summed E-state index contributed by atoms with van der Waals surface area (Å²) in [6, 6.07) is 29.4. The minimum atomic E-state index is -3.72. The van der Waals surface area contributed by atoms with E-state index in [-0.39, 0.29) is 58.4 Å². The van der Waals surface area contributed by atoms with Crippen LogP contribution >= 0.6 is 5.69 Å². The number of hydrogen-bond donors (Lipinski definition) is 0. The van der Waals surface area contributed by atoms with Gasteiger partial charge in [0, 0.05) is 0 Å². The van der Waals surface area contributed by atoms with Gasteiger partial charge in [0.1, 0.15) is 0 Å². The Morgan fingerprint density at radius 1 is 0.480 bits per heavy atom. The molecule has 0 saturated carbocycles. The first kappa shape index (κ1) is 57.2. The van der Waals surface area contributed by atoms with Crippen molar-refractivity contribution in [2.24, 2.45) is 0 Å². The summed E-state index contributed by atoms with van der Waals surface area (Å²) in [5, 5.41) is 0. The van der Waals surface area contributed by atoms with Gasteiger partial charge in [0.15, 0.2) is 0 Å². The van der Waals surface area contributed by atoms with Crippen molar-refractivity contribution in [3.8, 4) is 0 Å². The van der Waals surface area contributed by atoms with Crippen molar-refractivity contribution in [2.45, 2.75) is 157 Å². The molecule has 0 aliphatic heterocycles. The molecular weight excluding hydrogens is 828 g/mol. The summed E-state index contributed by atoms with van der Waals surface area (Å²) in [6.45, 7) is 13.5. The quantitative estimate of drug-likeness (QED) is 0.0552. The molecule has 0 aliphatic rings. The Morgan fingerprint density at radius 2 is 0.680 bits per heavy atom. The molecule has 0 fully saturated rings. The van der Waals surface area contributed by atoms with E-state index in [9.17, 15) is 9.79 Å². The molecule has 0 amide bonds. The van der Waals surface area contributed by atoms with Crippen LogP contribution in [0.5, 0.6) is 0 Å². The molecule has 3 rings (SSSR count). The molecule has 2 nitrogen and oxygen atoms in total. The van der Waals surface area contributed by atoms with Crippen LogP contribution in [-0.4, -0.2) is 0 Å². The van der Waals surface area contributed by atoms with Crippen molar-refractivity contribution in [3.63, 3.8) is 0 Å². The van der Waals surface area contributed by atoms with Crippen LogP contribution in [0.1, 0.15) is 152 Å². The molecule has 3 aromatic carbocycles. The third-order valence-corrected chi connectivity index (χ3v) is 7.86. The average Bonchev–Trinajstić information content (AvgIpc) is 3.07.